The molecule has 3 atom stereocenters. The van der Waals surface area contributed by atoms with Crippen LogP contribution >= 0.6 is 0 Å². The van der Waals surface area contributed by atoms with E-state index in [-0.39, 0.29) is 12.7 Å². The van der Waals surface area contributed by atoms with Crippen molar-refractivity contribution in [3.05, 3.63) is 0 Å². The molecule has 72 valence electrons. The number of aliphatic hydroxyl groups is 1. The van der Waals surface area contributed by atoms with Crippen LogP contribution in [0.15, 0.2) is 0 Å². The molecular formula is C9H19NO2. The van der Waals surface area contributed by atoms with Gasteiger partial charge in [0.25, 0.3) is 0 Å². The average molecular weight is 173 g/mol. The summed E-state index contributed by atoms with van der Waals surface area (Å²) in [7, 11) is 0. The van der Waals surface area contributed by atoms with Crippen molar-refractivity contribution >= 4 is 0 Å². The summed E-state index contributed by atoms with van der Waals surface area (Å²) in [6, 6.07) is 0.620. The molecule has 1 aliphatic heterocycles. The molecule has 3 nitrogen and oxygen atoms in total. The fourth-order valence-electron chi connectivity index (χ4n) is 1.46. The Morgan fingerprint density at radius 3 is 2.83 bits per heavy atom. The first kappa shape index (κ1) is 9.96. The maximum absolute atomic E-state index is 8.77. The molecule has 0 amide bonds. The molecule has 0 aromatic carbocycles. The quantitative estimate of drug-likeness (QED) is 0.654. The average Bonchev–Trinajstić information content (AvgIpc) is 2.09. The van der Waals surface area contributed by atoms with E-state index < -0.39 is 0 Å². The molecule has 0 aromatic heterocycles. The third-order valence-electron chi connectivity index (χ3n) is 2.30. The zero-order valence-corrected chi connectivity index (χ0v) is 7.92. The van der Waals surface area contributed by atoms with Crippen LogP contribution in [0, 0.1) is 0 Å². The molecule has 0 bridgehead atoms. The van der Waals surface area contributed by atoms with Crippen molar-refractivity contribution < 1.29 is 9.84 Å². The monoisotopic (exact) mass is 173 g/mol. The van der Waals surface area contributed by atoms with E-state index in [0.717, 1.165) is 13.0 Å². The van der Waals surface area contributed by atoms with Gasteiger partial charge >= 0.3 is 0 Å². The second-order valence-corrected chi connectivity index (χ2v) is 3.64. The smallest absolute Gasteiger partial charge is 0.0782 e. The molecule has 0 spiro atoms. The summed E-state index contributed by atoms with van der Waals surface area (Å²) in [5.41, 5.74) is 0. The van der Waals surface area contributed by atoms with Crippen LogP contribution in [0.4, 0.5) is 0 Å². The van der Waals surface area contributed by atoms with Crippen LogP contribution in [0.2, 0.25) is 0 Å². The lowest BCUT2D eigenvalue weighted by atomic mass is 10.0. The molecule has 0 saturated carbocycles. The van der Waals surface area contributed by atoms with E-state index in [4.69, 9.17) is 9.84 Å². The third kappa shape index (κ3) is 3.09. The van der Waals surface area contributed by atoms with Gasteiger partial charge < -0.3 is 15.2 Å². The summed E-state index contributed by atoms with van der Waals surface area (Å²) in [6.45, 7) is 5.13. The van der Waals surface area contributed by atoms with E-state index in [9.17, 15) is 0 Å². The highest BCUT2D eigenvalue weighted by molar-refractivity contribution is 4.75. The van der Waals surface area contributed by atoms with E-state index in [1.165, 1.54) is 6.42 Å². The van der Waals surface area contributed by atoms with Gasteiger partial charge in [-0.15, -0.1) is 0 Å². The number of ether oxygens (including phenoxy) is 1. The molecule has 1 fully saturated rings. The van der Waals surface area contributed by atoms with Gasteiger partial charge in [-0.25, -0.2) is 0 Å². The zero-order valence-electron chi connectivity index (χ0n) is 7.92. The van der Waals surface area contributed by atoms with E-state index >= 15 is 0 Å². The first-order chi connectivity index (χ1) is 5.72. The van der Waals surface area contributed by atoms with Gasteiger partial charge in [-0.2, -0.15) is 0 Å². The summed E-state index contributed by atoms with van der Waals surface area (Å²) < 4.78 is 5.58. The van der Waals surface area contributed by atoms with Crippen molar-refractivity contribution in [2.75, 3.05) is 13.2 Å². The number of rotatable bonds is 3. The van der Waals surface area contributed by atoms with E-state index in [2.05, 4.69) is 12.2 Å². The summed E-state index contributed by atoms with van der Waals surface area (Å²) in [5, 5.41) is 12.1. The minimum atomic E-state index is -0.0230. The van der Waals surface area contributed by atoms with Gasteiger partial charge in [-0.3, -0.25) is 0 Å². The number of hydrogen-bond donors (Lipinski definition) is 2. The Hall–Kier alpha value is -0.120. The Labute approximate surface area is 74.1 Å². The molecule has 0 radical (unpaired) electrons. The molecule has 1 heterocycles. The van der Waals surface area contributed by atoms with Gasteiger partial charge in [0.2, 0.25) is 0 Å². The van der Waals surface area contributed by atoms with Crippen molar-refractivity contribution in [3.8, 4) is 0 Å². The second kappa shape index (κ2) is 4.80. The Morgan fingerprint density at radius 1 is 1.58 bits per heavy atom. The molecule has 2 N–H and O–H groups in total. The van der Waals surface area contributed by atoms with Crippen LogP contribution in [0.5, 0.6) is 0 Å². The fourth-order valence-corrected chi connectivity index (χ4v) is 1.46. The molecule has 0 aliphatic carbocycles. The van der Waals surface area contributed by atoms with E-state index in [0.29, 0.717) is 12.1 Å². The maximum Gasteiger partial charge on any atom is 0.0782 e. The molecule has 12 heavy (non-hydrogen) atoms. The largest absolute Gasteiger partial charge is 0.394 e. The number of aliphatic hydroxyl groups excluding tert-OH is 1. The molecule has 1 saturated heterocycles. The first-order valence-corrected chi connectivity index (χ1v) is 4.72. The van der Waals surface area contributed by atoms with Crippen molar-refractivity contribution in [2.24, 2.45) is 0 Å². The molecule has 3 unspecified atom stereocenters. The van der Waals surface area contributed by atoms with Crippen LogP contribution in [0.1, 0.15) is 26.7 Å². The summed E-state index contributed by atoms with van der Waals surface area (Å²) in [6.07, 6.45) is 2.55. The number of piperidine rings is 1. The number of nitrogens with one attached hydrogen (secondary N) is 1. The predicted molar refractivity (Wildman–Crippen MR) is 48.1 cm³/mol. The van der Waals surface area contributed by atoms with Gasteiger partial charge in [-0.05, 0) is 26.7 Å². The zero-order chi connectivity index (χ0) is 8.97. The van der Waals surface area contributed by atoms with Crippen molar-refractivity contribution in [1.82, 2.24) is 5.32 Å². The molecule has 1 rings (SSSR count). The van der Waals surface area contributed by atoms with E-state index in [1.54, 1.807) is 0 Å². The van der Waals surface area contributed by atoms with Gasteiger partial charge in [0.15, 0.2) is 0 Å². The highest BCUT2D eigenvalue weighted by Gasteiger charge is 2.19. The summed E-state index contributed by atoms with van der Waals surface area (Å²) >= 11 is 0. The highest BCUT2D eigenvalue weighted by atomic mass is 16.5. The third-order valence-corrected chi connectivity index (χ3v) is 2.30. The van der Waals surface area contributed by atoms with E-state index in [1.807, 2.05) is 6.92 Å². The molecule has 1 aliphatic rings. The van der Waals surface area contributed by atoms with Crippen LogP contribution < -0.4 is 5.32 Å². The topological polar surface area (TPSA) is 41.5 Å². The summed E-state index contributed by atoms with van der Waals surface area (Å²) in [5.74, 6) is 0. The molecular weight excluding hydrogens is 154 g/mol. The van der Waals surface area contributed by atoms with Gasteiger partial charge in [0.1, 0.15) is 0 Å². The van der Waals surface area contributed by atoms with Gasteiger partial charge in [0.05, 0.1) is 18.8 Å². The molecule has 3 heteroatoms. The SMILES string of the molecule is CC1CCC(OC(C)CO)CN1. The van der Waals surface area contributed by atoms with Gasteiger partial charge in [0, 0.05) is 12.6 Å². The standard InChI is InChI=1S/C9H19NO2/c1-7-3-4-9(5-10-7)12-8(2)6-11/h7-11H,3-6H2,1-2H3. The first-order valence-electron chi connectivity index (χ1n) is 4.72. The van der Waals surface area contributed by atoms with Crippen molar-refractivity contribution in [3.63, 3.8) is 0 Å². The second-order valence-electron chi connectivity index (χ2n) is 3.64. The van der Waals surface area contributed by atoms with Crippen LogP contribution in [0.25, 0.3) is 0 Å². The van der Waals surface area contributed by atoms with Crippen LogP contribution in [-0.2, 0) is 4.74 Å². The Morgan fingerprint density at radius 2 is 2.33 bits per heavy atom. The van der Waals surface area contributed by atoms with Crippen LogP contribution in [0.3, 0.4) is 0 Å². The lowest BCUT2D eigenvalue weighted by Crippen LogP contribution is -2.42. The van der Waals surface area contributed by atoms with Gasteiger partial charge in [-0.1, -0.05) is 0 Å². The Bertz CT molecular complexity index is 122. The normalized spacial score (nSPS) is 33.2. The molecule has 0 aromatic rings. The highest BCUT2D eigenvalue weighted by Crippen LogP contribution is 2.12. The lowest BCUT2D eigenvalue weighted by Gasteiger charge is -2.29. The fraction of sp³-hybridized carbons (Fsp3) is 1.00. The van der Waals surface area contributed by atoms with Crippen molar-refractivity contribution in [2.45, 2.75) is 44.9 Å². The minimum absolute atomic E-state index is 0.0230. The van der Waals surface area contributed by atoms with Crippen molar-refractivity contribution in [1.29, 1.82) is 0 Å². The Kier molecular flexibility index (Phi) is 3.98. The lowest BCUT2D eigenvalue weighted by molar-refractivity contribution is -0.0410. The number of hydrogen-bond acceptors (Lipinski definition) is 3. The van der Waals surface area contributed by atoms with Crippen LogP contribution in [-0.4, -0.2) is 36.5 Å². The Balaban J connectivity index is 2.17. The minimum Gasteiger partial charge on any atom is -0.394 e. The maximum atomic E-state index is 8.77. The predicted octanol–water partition coefficient (Wildman–Crippen LogP) is 0.524. The summed E-state index contributed by atoms with van der Waals surface area (Å²) in [4.78, 5) is 0.